The molecule has 0 unspecified atom stereocenters. The summed E-state index contributed by atoms with van der Waals surface area (Å²) in [5, 5.41) is 3.14. The van der Waals surface area contributed by atoms with Gasteiger partial charge in [-0.15, -0.1) is 0 Å². The largest absolute Gasteiger partial charge is 0.332 e. The number of carbonyl (C=O) groups excluding carboxylic acids is 1. The van der Waals surface area contributed by atoms with Crippen molar-refractivity contribution in [2.24, 2.45) is 0 Å². The Labute approximate surface area is 191 Å². The predicted octanol–water partition coefficient (Wildman–Crippen LogP) is 4.06. The van der Waals surface area contributed by atoms with Gasteiger partial charge in [0, 0.05) is 10.2 Å². The molecule has 0 radical (unpaired) electrons. The Bertz CT molecular complexity index is 1440. The van der Waals surface area contributed by atoms with Crippen molar-refractivity contribution in [1.29, 1.82) is 0 Å². The number of aromatic nitrogens is 2. The van der Waals surface area contributed by atoms with Gasteiger partial charge in [0.25, 0.3) is 5.56 Å². The van der Waals surface area contributed by atoms with E-state index >= 15 is 0 Å². The Balaban J connectivity index is 1.74. The molecule has 0 atom stereocenters. The van der Waals surface area contributed by atoms with Gasteiger partial charge in [0.05, 0.1) is 17.4 Å². The molecule has 6 nitrogen and oxygen atoms in total. The molecule has 1 aromatic heterocycles. The van der Waals surface area contributed by atoms with Gasteiger partial charge >= 0.3 is 5.69 Å². The summed E-state index contributed by atoms with van der Waals surface area (Å²) in [6.45, 7) is 1.57. The molecule has 4 rings (SSSR count). The zero-order chi connectivity index (χ0) is 22.8. The van der Waals surface area contributed by atoms with Crippen LogP contribution in [0, 0.1) is 12.7 Å². The number of nitrogens with one attached hydrogen (secondary N) is 1. The van der Waals surface area contributed by atoms with E-state index in [4.69, 9.17) is 0 Å². The van der Waals surface area contributed by atoms with Crippen LogP contribution >= 0.6 is 15.9 Å². The summed E-state index contributed by atoms with van der Waals surface area (Å²) in [6.07, 6.45) is 0. The van der Waals surface area contributed by atoms with Crippen molar-refractivity contribution in [2.75, 3.05) is 5.32 Å². The van der Waals surface area contributed by atoms with Crippen molar-refractivity contribution in [1.82, 2.24) is 9.13 Å². The molecule has 1 heterocycles. The number of para-hydroxylation sites is 1. The van der Waals surface area contributed by atoms with Crippen LogP contribution in [0.4, 0.5) is 10.1 Å². The predicted molar refractivity (Wildman–Crippen MR) is 125 cm³/mol. The molecule has 3 aromatic carbocycles. The van der Waals surface area contributed by atoms with Crippen LogP contribution in [-0.4, -0.2) is 15.0 Å². The molecule has 0 saturated heterocycles. The SMILES string of the molecule is Cc1cc(Br)ccc1NC(=O)Cn1c(=O)n(Cc2ccc(F)cc2)c(=O)c2ccccc21. The number of rotatable bonds is 5. The minimum atomic E-state index is -0.610. The molecule has 1 amide bonds. The van der Waals surface area contributed by atoms with Crippen molar-refractivity contribution in [3.05, 3.63) is 109 Å². The lowest BCUT2D eigenvalue weighted by atomic mass is 10.2. The lowest BCUT2D eigenvalue weighted by Gasteiger charge is -2.15. The topological polar surface area (TPSA) is 73.1 Å². The summed E-state index contributed by atoms with van der Waals surface area (Å²) in [4.78, 5) is 39.0. The fourth-order valence-electron chi connectivity index (χ4n) is 3.54. The molecule has 1 N–H and O–H groups in total. The smallest absolute Gasteiger partial charge is 0.324 e. The van der Waals surface area contributed by atoms with Crippen molar-refractivity contribution in [2.45, 2.75) is 20.0 Å². The summed E-state index contributed by atoms with van der Waals surface area (Å²) >= 11 is 3.39. The third-order valence-corrected chi connectivity index (χ3v) is 5.64. The Hall–Kier alpha value is -3.52. The molecule has 0 aliphatic heterocycles. The molecule has 162 valence electrons. The van der Waals surface area contributed by atoms with E-state index in [2.05, 4.69) is 21.2 Å². The summed E-state index contributed by atoms with van der Waals surface area (Å²) < 4.78 is 16.5. The normalized spacial score (nSPS) is 11.0. The highest BCUT2D eigenvalue weighted by atomic mass is 79.9. The van der Waals surface area contributed by atoms with Gasteiger partial charge in [-0.2, -0.15) is 0 Å². The van der Waals surface area contributed by atoms with Gasteiger partial charge in [0.15, 0.2) is 0 Å². The van der Waals surface area contributed by atoms with E-state index in [1.165, 1.54) is 28.8 Å². The molecule has 0 saturated carbocycles. The maximum Gasteiger partial charge on any atom is 0.332 e. The quantitative estimate of drug-likeness (QED) is 0.453. The van der Waals surface area contributed by atoms with Crippen molar-refractivity contribution < 1.29 is 9.18 Å². The van der Waals surface area contributed by atoms with Crippen LogP contribution in [0.25, 0.3) is 10.9 Å². The lowest BCUT2D eigenvalue weighted by molar-refractivity contribution is -0.116. The zero-order valence-electron chi connectivity index (χ0n) is 17.1. The average Bonchev–Trinajstić information content (AvgIpc) is 2.77. The third-order valence-electron chi connectivity index (χ3n) is 5.15. The van der Waals surface area contributed by atoms with Gasteiger partial charge < -0.3 is 5.32 Å². The first kappa shape index (κ1) is 21.7. The third kappa shape index (κ3) is 4.40. The molecule has 0 aliphatic carbocycles. The summed E-state index contributed by atoms with van der Waals surface area (Å²) in [7, 11) is 0. The second kappa shape index (κ2) is 8.92. The van der Waals surface area contributed by atoms with Crippen LogP contribution in [0.5, 0.6) is 0 Å². The number of anilines is 1. The van der Waals surface area contributed by atoms with Gasteiger partial charge in [-0.3, -0.25) is 18.7 Å². The standard InChI is InChI=1S/C24H19BrFN3O3/c1-15-12-17(25)8-11-20(15)27-22(30)14-28-21-5-3-2-4-19(21)23(31)29(24(28)32)13-16-6-9-18(26)10-7-16/h2-12H,13-14H2,1H3,(H,27,30). The Kier molecular flexibility index (Phi) is 6.05. The average molecular weight is 496 g/mol. The van der Waals surface area contributed by atoms with Gasteiger partial charge in [-0.05, 0) is 60.5 Å². The van der Waals surface area contributed by atoms with E-state index in [0.717, 1.165) is 14.6 Å². The van der Waals surface area contributed by atoms with Crippen molar-refractivity contribution >= 4 is 38.4 Å². The van der Waals surface area contributed by atoms with E-state index < -0.39 is 23.0 Å². The van der Waals surface area contributed by atoms with E-state index in [-0.39, 0.29) is 13.1 Å². The lowest BCUT2D eigenvalue weighted by Crippen LogP contribution is -2.42. The Morgan fingerprint density at radius 3 is 2.44 bits per heavy atom. The first-order chi connectivity index (χ1) is 15.3. The number of hydrogen-bond acceptors (Lipinski definition) is 3. The van der Waals surface area contributed by atoms with E-state index in [1.807, 2.05) is 19.1 Å². The first-order valence-electron chi connectivity index (χ1n) is 9.86. The van der Waals surface area contributed by atoms with Gasteiger partial charge in [0.1, 0.15) is 12.4 Å². The summed E-state index contributed by atoms with van der Waals surface area (Å²) in [5.74, 6) is -0.799. The summed E-state index contributed by atoms with van der Waals surface area (Å²) in [5.41, 5.74) is 1.40. The molecular weight excluding hydrogens is 477 g/mol. The molecule has 4 aromatic rings. The molecule has 8 heteroatoms. The van der Waals surface area contributed by atoms with Crippen molar-refractivity contribution in [3.63, 3.8) is 0 Å². The summed E-state index contributed by atoms with van der Waals surface area (Å²) in [6, 6.07) is 17.7. The fraction of sp³-hybridized carbons (Fsp3) is 0.125. The van der Waals surface area contributed by atoms with Crippen LogP contribution in [0.3, 0.4) is 0 Å². The number of nitrogens with zero attached hydrogens (tertiary/aromatic N) is 2. The minimum absolute atomic E-state index is 0.0315. The number of carbonyl (C=O) groups is 1. The van der Waals surface area contributed by atoms with Crippen LogP contribution in [0.15, 0.2) is 80.8 Å². The second-order valence-electron chi connectivity index (χ2n) is 7.41. The number of fused-ring (bicyclic) bond motifs is 1. The second-order valence-corrected chi connectivity index (χ2v) is 8.33. The van der Waals surface area contributed by atoms with E-state index in [9.17, 15) is 18.8 Å². The zero-order valence-corrected chi connectivity index (χ0v) is 18.7. The number of hydrogen-bond donors (Lipinski definition) is 1. The highest BCUT2D eigenvalue weighted by Crippen LogP contribution is 2.20. The molecule has 0 fully saturated rings. The molecule has 0 bridgehead atoms. The Morgan fingerprint density at radius 1 is 1.00 bits per heavy atom. The van der Waals surface area contributed by atoms with E-state index in [0.29, 0.717) is 22.2 Å². The van der Waals surface area contributed by atoms with Crippen LogP contribution < -0.4 is 16.6 Å². The molecule has 0 aliphatic rings. The highest BCUT2D eigenvalue weighted by Gasteiger charge is 2.16. The number of benzene rings is 3. The van der Waals surface area contributed by atoms with Crippen molar-refractivity contribution in [3.8, 4) is 0 Å². The minimum Gasteiger partial charge on any atom is -0.324 e. The van der Waals surface area contributed by atoms with Gasteiger partial charge in [-0.1, -0.05) is 40.2 Å². The van der Waals surface area contributed by atoms with Crippen LogP contribution in [-0.2, 0) is 17.9 Å². The van der Waals surface area contributed by atoms with Crippen LogP contribution in [0.1, 0.15) is 11.1 Å². The Morgan fingerprint density at radius 2 is 1.72 bits per heavy atom. The maximum atomic E-state index is 13.2. The molecule has 32 heavy (non-hydrogen) atoms. The van der Waals surface area contributed by atoms with Gasteiger partial charge in [0.2, 0.25) is 5.91 Å². The van der Waals surface area contributed by atoms with Crippen LogP contribution in [0.2, 0.25) is 0 Å². The maximum absolute atomic E-state index is 13.2. The monoisotopic (exact) mass is 495 g/mol. The number of aryl methyl sites for hydroxylation is 1. The molecule has 0 spiro atoms. The van der Waals surface area contributed by atoms with Gasteiger partial charge in [-0.25, -0.2) is 9.18 Å². The number of amides is 1. The van der Waals surface area contributed by atoms with E-state index in [1.54, 1.807) is 30.3 Å². The molecular formula is C24H19BrFN3O3. The highest BCUT2D eigenvalue weighted by molar-refractivity contribution is 9.10. The first-order valence-corrected chi connectivity index (χ1v) is 10.7. The fourth-order valence-corrected chi connectivity index (χ4v) is 4.01. The number of halogens is 2.